The van der Waals surface area contributed by atoms with Gasteiger partial charge in [-0.05, 0) is 44.5 Å². The van der Waals surface area contributed by atoms with Crippen LogP contribution in [0.15, 0.2) is 18.2 Å². The molecule has 0 bridgehead atoms. The van der Waals surface area contributed by atoms with Gasteiger partial charge in [0.2, 0.25) is 0 Å². The highest BCUT2D eigenvalue weighted by atomic mass is 35.5. The molecule has 0 saturated heterocycles. The van der Waals surface area contributed by atoms with E-state index < -0.39 is 12.0 Å². The Morgan fingerprint density at radius 2 is 2.19 bits per heavy atom. The van der Waals surface area contributed by atoms with E-state index in [2.05, 4.69) is 0 Å². The van der Waals surface area contributed by atoms with Crippen LogP contribution >= 0.6 is 11.6 Å². The molecule has 1 rings (SSSR count). The first-order chi connectivity index (χ1) is 7.47. The molecule has 4 heteroatoms. The molecule has 88 valence electrons. The third-order valence-corrected chi connectivity index (χ3v) is 2.87. The first kappa shape index (κ1) is 12.8. The van der Waals surface area contributed by atoms with Gasteiger partial charge in [0.15, 0.2) is 0 Å². The molecule has 0 spiro atoms. The molecular formula is C12H16ClNO2. The summed E-state index contributed by atoms with van der Waals surface area (Å²) in [5, 5.41) is 9.69. The van der Waals surface area contributed by atoms with E-state index in [-0.39, 0.29) is 0 Å². The average Bonchev–Trinajstić information content (AvgIpc) is 2.21. The Hall–Kier alpha value is -1.22. The highest BCUT2D eigenvalue weighted by Gasteiger charge is 2.20. The summed E-state index contributed by atoms with van der Waals surface area (Å²) in [6, 6.07) is 4.94. The van der Waals surface area contributed by atoms with Crippen molar-refractivity contribution in [2.45, 2.75) is 26.8 Å². The predicted octanol–water partition coefficient (Wildman–Crippen LogP) is 2.95. The van der Waals surface area contributed by atoms with Crippen LogP contribution in [0.1, 0.15) is 19.4 Å². The lowest BCUT2D eigenvalue weighted by molar-refractivity contribution is -0.138. The molecule has 0 amide bonds. The zero-order valence-electron chi connectivity index (χ0n) is 9.70. The third kappa shape index (κ3) is 2.67. The molecule has 0 fully saturated rings. The Bertz CT molecular complexity index is 393. The van der Waals surface area contributed by atoms with Gasteiger partial charge in [0.1, 0.15) is 6.04 Å². The van der Waals surface area contributed by atoms with Gasteiger partial charge >= 0.3 is 5.97 Å². The van der Waals surface area contributed by atoms with Gasteiger partial charge in [-0.3, -0.25) is 0 Å². The molecule has 0 unspecified atom stereocenters. The number of rotatable bonds is 4. The Labute approximate surface area is 101 Å². The smallest absolute Gasteiger partial charge is 0.326 e. The van der Waals surface area contributed by atoms with Gasteiger partial charge in [-0.2, -0.15) is 0 Å². The number of carboxylic acids is 1. The second-order valence-corrected chi connectivity index (χ2v) is 4.17. The molecule has 16 heavy (non-hydrogen) atoms. The molecule has 3 nitrogen and oxygen atoms in total. The van der Waals surface area contributed by atoms with Gasteiger partial charge in [0, 0.05) is 17.3 Å². The Morgan fingerprint density at radius 3 is 2.62 bits per heavy atom. The van der Waals surface area contributed by atoms with E-state index in [1.165, 1.54) is 0 Å². The Balaban J connectivity index is 3.08. The van der Waals surface area contributed by atoms with Crippen LogP contribution in [0.4, 0.5) is 5.69 Å². The number of aliphatic carboxylic acids is 1. The van der Waals surface area contributed by atoms with E-state index >= 15 is 0 Å². The fraction of sp³-hybridized carbons (Fsp3) is 0.417. The van der Waals surface area contributed by atoms with Crippen molar-refractivity contribution < 1.29 is 9.90 Å². The maximum Gasteiger partial charge on any atom is 0.326 e. The van der Waals surface area contributed by atoms with Crippen LogP contribution in [0, 0.1) is 6.92 Å². The number of halogens is 1. The maximum atomic E-state index is 11.0. The van der Waals surface area contributed by atoms with E-state index in [0.717, 1.165) is 11.3 Å². The van der Waals surface area contributed by atoms with E-state index in [9.17, 15) is 4.79 Å². The molecule has 1 N–H and O–H groups in total. The summed E-state index contributed by atoms with van der Waals surface area (Å²) in [6.45, 7) is 6.20. The van der Waals surface area contributed by atoms with Gasteiger partial charge in [-0.25, -0.2) is 4.79 Å². The molecule has 0 saturated carbocycles. The standard InChI is InChI=1S/C12H16ClNO2/c1-4-14(9(3)12(15)16)11-6-5-10(13)7-8(11)2/h5-7,9H,4H2,1-3H3,(H,15,16)/t9-/m1/s1. The van der Waals surface area contributed by atoms with E-state index in [1.807, 2.05) is 30.9 Å². The number of hydrogen-bond acceptors (Lipinski definition) is 2. The van der Waals surface area contributed by atoms with Crippen LogP contribution in [0.2, 0.25) is 5.02 Å². The van der Waals surface area contributed by atoms with Gasteiger partial charge in [-0.15, -0.1) is 0 Å². The highest BCUT2D eigenvalue weighted by Crippen LogP contribution is 2.25. The summed E-state index contributed by atoms with van der Waals surface area (Å²) in [6.07, 6.45) is 0. The Kier molecular flexibility index (Phi) is 4.19. The SMILES string of the molecule is CCN(c1ccc(Cl)cc1C)[C@H](C)C(=O)O. The van der Waals surface area contributed by atoms with E-state index in [1.54, 1.807) is 13.0 Å². The molecule has 0 radical (unpaired) electrons. The quantitative estimate of drug-likeness (QED) is 0.881. The lowest BCUT2D eigenvalue weighted by Gasteiger charge is -2.28. The fourth-order valence-electron chi connectivity index (χ4n) is 1.73. The van der Waals surface area contributed by atoms with Crippen molar-refractivity contribution in [3.05, 3.63) is 28.8 Å². The second-order valence-electron chi connectivity index (χ2n) is 3.73. The first-order valence-electron chi connectivity index (χ1n) is 5.23. The normalized spacial score (nSPS) is 12.2. The molecule has 1 aromatic rings. The maximum absolute atomic E-state index is 11.0. The molecule has 0 aliphatic carbocycles. The molecule has 0 aliphatic heterocycles. The lowest BCUT2D eigenvalue weighted by Crippen LogP contribution is -2.39. The van der Waals surface area contributed by atoms with E-state index in [0.29, 0.717) is 11.6 Å². The fourth-order valence-corrected chi connectivity index (χ4v) is 1.95. The summed E-state index contributed by atoms with van der Waals surface area (Å²) in [4.78, 5) is 12.8. The van der Waals surface area contributed by atoms with Crippen molar-refractivity contribution in [1.82, 2.24) is 0 Å². The lowest BCUT2D eigenvalue weighted by atomic mass is 10.1. The zero-order chi connectivity index (χ0) is 12.3. The molecule has 1 atom stereocenters. The van der Waals surface area contributed by atoms with Crippen LogP contribution in [-0.4, -0.2) is 23.7 Å². The zero-order valence-corrected chi connectivity index (χ0v) is 10.5. The predicted molar refractivity (Wildman–Crippen MR) is 66.3 cm³/mol. The number of benzene rings is 1. The van der Waals surface area contributed by atoms with Crippen LogP contribution in [0.25, 0.3) is 0 Å². The second kappa shape index (κ2) is 5.21. The summed E-state index contributed by atoms with van der Waals surface area (Å²) in [5.74, 6) is -0.823. The van der Waals surface area contributed by atoms with Crippen LogP contribution in [-0.2, 0) is 4.79 Å². The minimum absolute atomic E-state index is 0.537. The summed E-state index contributed by atoms with van der Waals surface area (Å²) < 4.78 is 0. The van der Waals surface area contributed by atoms with Crippen molar-refractivity contribution in [1.29, 1.82) is 0 Å². The highest BCUT2D eigenvalue weighted by molar-refractivity contribution is 6.30. The Morgan fingerprint density at radius 1 is 1.56 bits per heavy atom. The van der Waals surface area contributed by atoms with Crippen molar-refractivity contribution >= 4 is 23.3 Å². The van der Waals surface area contributed by atoms with Crippen molar-refractivity contribution in [2.75, 3.05) is 11.4 Å². The van der Waals surface area contributed by atoms with Gasteiger partial charge < -0.3 is 10.0 Å². The molecular weight excluding hydrogens is 226 g/mol. The van der Waals surface area contributed by atoms with Crippen molar-refractivity contribution in [3.8, 4) is 0 Å². The number of nitrogens with zero attached hydrogens (tertiary/aromatic N) is 1. The minimum Gasteiger partial charge on any atom is -0.480 e. The van der Waals surface area contributed by atoms with Crippen LogP contribution < -0.4 is 4.90 Å². The summed E-state index contributed by atoms with van der Waals surface area (Å²) in [7, 11) is 0. The third-order valence-electron chi connectivity index (χ3n) is 2.63. The first-order valence-corrected chi connectivity index (χ1v) is 5.60. The average molecular weight is 242 g/mol. The summed E-state index contributed by atoms with van der Waals surface area (Å²) >= 11 is 5.87. The number of aryl methyl sites for hydroxylation is 1. The van der Waals surface area contributed by atoms with Gasteiger partial charge in [-0.1, -0.05) is 11.6 Å². The molecule has 0 aliphatic rings. The number of likely N-dealkylation sites (N-methyl/N-ethyl adjacent to an activating group) is 1. The largest absolute Gasteiger partial charge is 0.480 e. The number of carbonyl (C=O) groups is 1. The van der Waals surface area contributed by atoms with Gasteiger partial charge in [0.25, 0.3) is 0 Å². The molecule has 1 aromatic carbocycles. The molecule has 0 heterocycles. The van der Waals surface area contributed by atoms with Crippen molar-refractivity contribution in [2.24, 2.45) is 0 Å². The van der Waals surface area contributed by atoms with E-state index in [4.69, 9.17) is 16.7 Å². The number of anilines is 1. The van der Waals surface area contributed by atoms with Crippen LogP contribution in [0.5, 0.6) is 0 Å². The monoisotopic (exact) mass is 241 g/mol. The summed E-state index contributed by atoms with van der Waals surface area (Å²) in [5.41, 5.74) is 1.91. The number of hydrogen-bond donors (Lipinski definition) is 1. The van der Waals surface area contributed by atoms with Crippen molar-refractivity contribution in [3.63, 3.8) is 0 Å². The van der Waals surface area contributed by atoms with Crippen LogP contribution in [0.3, 0.4) is 0 Å². The molecule has 0 aromatic heterocycles. The van der Waals surface area contributed by atoms with Gasteiger partial charge in [0.05, 0.1) is 0 Å². The number of carboxylic acid groups (broad SMARTS) is 1. The topological polar surface area (TPSA) is 40.5 Å². The minimum atomic E-state index is -0.823.